The second-order valence-corrected chi connectivity index (χ2v) is 21.6. The van der Waals surface area contributed by atoms with Crippen LogP contribution in [0.1, 0.15) is 110 Å². The smallest absolute Gasteiger partial charge is 0.150 e. The van der Waals surface area contributed by atoms with Gasteiger partial charge in [-0.2, -0.15) is 0 Å². The Morgan fingerprint density at radius 1 is 0.750 bits per heavy atom. The molecular weight excluding hydrogens is 1000 g/mol. The Kier molecular flexibility index (Phi) is 13.0. The van der Waals surface area contributed by atoms with Crippen LogP contribution < -0.4 is 4.74 Å². The van der Waals surface area contributed by atoms with Gasteiger partial charge in [0.15, 0.2) is 0 Å². The average molecular weight is 1060 g/mol. The summed E-state index contributed by atoms with van der Waals surface area (Å²) in [6.45, 7) is 20.3. The zero-order chi connectivity index (χ0) is 43.3. The van der Waals surface area contributed by atoms with Crippen LogP contribution in [0.4, 0.5) is 0 Å². The zero-order valence-corrected chi connectivity index (χ0v) is 42.6. The fourth-order valence-corrected chi connectivity index (χ4v) is 10.3. The number of halogens is 4. The van der Waals surface area contributed by atoms with Crippen LogP contribution in [-0.4, -0.2) is 27.1 Å². The average Bonchev–Trinajstić information content (AvgIpc) is 3.79. The third kappa shape index (κ3) is 8.18. The van der Waals surface area contributed by atoms with Crippen molar-refractivity contribution in [2.45, 2.75) is 104 Å². The monoisotopic (exact) mass is 1050 g/mol. The van der Waals surface area contributed by atoms with Crippen molar-refractivity contribution in [2.24, 2.45) is 5.92 Å². The normalized spacial score (nSPS) is 15.4. The maximum absolute atomic E-state index is 5.86. The number of nitrogens with zero attached hydrogens (tertiary/aromatic N) is 4. The van der Waals surface area contributed by atoms with Gasteiger partial charge in [0.05, 0.1) is 18.3 Å². The van der Waals surface area contributed by atoms with E-state index in [9.17, 15) is 0 Å². The number of benzene rings is 5. The van der Waals surface area contributed by atoms with Gasteiger partial charge in [0, 0.05) is 39.8 Å². The highest BCUT2D eigenvalue weighted by atomic mass is 79.9. The van der Waals surface area contributed by atoms with E-state index >= 15 is 0 Å². The molecule has 0 fully saturated rings. The third-order valence-corrected chi connectivity index (χ3v) is 14.4. The number of hydrogen-bond acceptors (Lipinski definition) is 4. The molecule has 2 unspecified atom stereocenters. The lowest BCUT2D eigenvalue weighted by Gasteiger charge is -2.39. The van der Waals surface area contributed by atoms with Crippen molar-refractivity contribution in [3.05, 3.63) is 131 Å². The molecule has 0 aliphatic heterocycles. The minimum absolute atomic E-state index is 0.00519. The minimum Gasteiger partial charge on any atom is -0.494 e. The maximum atomic E-state index is 5.86. The standard InChI is InChI=1S/C30H29Br2N.C21H25Br2N3O/c1-4-6-16-30(19(3)5-2)25-18-22(32)12-14-23(25)29-28(30)27(20-10-8-7-9-11-20)24-17-21(31)13-15-26(24)33-29;1-20(2,3)12-10-13(21(4,5)6)19(27-7)16(11-12)26-24-17-14(22)8-9-15(23)18(17)25-26/h7-15,17-19H,4-6,16H2,1-3H3;8-11H,1-7H3. The number of unbranched alkanes of at least 4 members (excludes halogenated alkanes) is 1. The van der Waals surface area contributed by atoms with Crippen molar-refractivity contribution >= 4 is 85.7 Å². The van der Waals surface area contributed by atoms with Crippen LogP contribution in [0.5, 0.6) is 5.75 Å². The number of methoxy groups -OCH3 is 1. The van der Waals surface area contributed by atoms with Crippen LogP contribution in [0, 0.1) is 5.92 Å². The lowest BCUT2D eigenvalue weighted by molar-refractivity contribution is 0.312. The molecule has 2 heterocycles. The second-order valence-electron chi connectivity index (χ2n) is 18.1. The highest BCUT2D eigenvalue weighted by molar-refractivity contribution is 9.11. The summed E-state index contributed by atoms with van der Waals surface area (Å²) in [5.41, 5.74) is 13.7. The first-order chi connectivity index (χ1) is 28.4. The van der Waals surface area contributed by atoms with E-state index in [4.69, 9.17) is 19.9 Å². The first kappa shape index (κ1) is 44.7. The van der Waals surface area contributed by atoms with Crippen molar-refractivity contribution in [3.8, 4) is 33.8 Å². The van der Waals surface area contributed by atoms with E-state index in [-0.39, 0.29) is 16.2 Å². The van der Waals surface area contributed by atoms with Crippen molar-refractivity contribution < 1.29 is 4.74 Å². The maximum Gasteiger partial charge on any atom is 0.150 e. The summed E-state index contributed by atoms with van der Waals surface area (Å²) < 4.78 is 9.92. The predicted octanol–water partition coefficient (Wildman–Crippen LogP) is 16.5. The molecule has 0 saturated carbocycles. The van der Waals surface area contributed by atoms with Crippen LogP contribution in [0.2, 0.25) is 0 Å². The molecule has 0 N–H and O–H groups in total. The summed E-state index contributed by atoms with van der Waals surface area (Å²) in [7, 11) is 1.71. The highest BCUT2D eigenvalue weighted by Crippen LogP contribution is 2.59. The van der Waals surface area contributed by atoms with Gasteiger partial charge < -0.3 is 4.74 Å². The van der Waals surface area contributed by atoms with E-state index in [0.717, 1.165) is 64.3 Å². The van der Waals surface area contributed by atoms with Gasteiger partial charge in [-0.3, -0.25) is 0 Å². The SMILES string of the molecule is CCCCC1(C(C)CC)c2cc(Br)ccc2-c2nc3ccc(Br)cc3c(-c3ccccc3)c21.COc1c(-n2nc3c(Br)ccc(Br)c3n2)cc(C(C)(C)C)cc1C(C)(C)C. The van der Waals surface area contributed by atoms with Gasteiger partial charge in [-0.15, -0.1) is 15.0 Å². The zero-order valence-electron chi connectivity index (χ0n) is 36.3. The molecule has 0 amide bonds. The summed E-state index contributed by atoms with van der Waals surface area (Å²) in [6, 6.07) is 32.6. The van der Waals surface area contributed by atoms with Crippen LogP contribution in [-0.2, 0) is 16.2 Å². The number of rotatable bonds is 8. The minimum atomic E-state index is -0.0743. The highest BCUT2D eigenvalue weighted by Gasteiger charge is 2.49. The number of pyridine rings is 1. The predicted molar refractivity (Wildman–Crippen MR) is 266 cm³/mol. The van der Waals surface area contributed by atoms with E-state index in [1.807, 2.05) is 12.1 Å². The van der Waals surface area contributed by atoms with Gasteiger partial charge in [-0.05, 0) is 131 Å². The largest absolute Gasteiger partial charge is 0.494 e. The third-order valence-electron chi connectivity index (χ3n) is 12.2. The fraction of sp³-hybridized carbons (Fsp3) is 0.353. The Morgan fingerprint density at radius 2 is 1.38 bits per heavy atom. The van der Waals surface area contributed by atoms with Crippen LogP contribution in [0.3, 0.4) is 0 Å². The lowest BCUT2D eigenvalue weighted by atomic mass is 9.64. The molecule has 2 atom stereocenters. The Hall–Kier alpha value is -3.37. The van der Waals surface area contributed by atoms with E-state index in [0.29, 0.717) is 5.92 Å². The van der Waals surface area contributed by atoms with Gasteiger partial charge in [0.2, 0.25) is 0 Å². The molecule has 0 bridgehead atoms. The molecule has 2 aromatic heterocycles. The van der Waals surface area contributed by atoms with Crippen molar-refractivity contribution in [1.82, 2.24) is 20.0 Å². The van der Waals surface area contributed by atoms with Crippen LogP contribution in [0.15, 0.2) is 109 Å². The van der Waals surface area contributed by atoms with Crippen LogP contribution in [0.25, 0.3) is 50.0 Å². The Morgan fingerprint density at radius 3 is 1.97 bits per heavy atom. The molecule has 9 heteroatoms. The summed E-state index contributed by atoms with van der Waals surface area (Å²) in [6.07, 6.45) is 4.64. The topological polar surface area (TPSA) is 52.8 Å². The molecule has 0 radical (unpaired) electrons. The Balaban J connectivity index is 0.000000186. The molecule has 312 valence electrons. The fourth-order valence-electron chi connectivity index (χ4n) is 8.82. The molecule has 8 rings (SSSR count). The first-order valence-corrected chi connectivity index (χ1v) is 24.1. The molecule has 0 saturated heterocycles. The molecule has 1 aliphatic rings. The molecular formula is C51H54Br4N4O. The summed E-state index contributed by atoms with van der Waals surface area (Å²) in [5, 5.41) is 10.7. The van der Waals surface area contributed by atoms with Crippen LogP contribution >= 0.6 is 63.7 Å². The lowest BCUT2D eigenvalue weighted by Crippen LogP contribution is -2.34. The molecule has 5 aromatic carbocycles. The number of aromatic nitrogens is 4. The van der Waals surface area contributed by atoms with Crippen molar-refractivity contribution in [1.29, 1.82) is 0 Å². The first-order valence-electron chi connectivity index (χ1n) is 20.9. The number of hydrogen-bond donors (Lipinski definition) is 0. The molecule has 60 heavy (non-hydrogen) atoms. The van der Waals surface area contributed by atoms with Gasteiger partial charge in [0.25, 0.3) is 0 Å². The van der Waals surface area contributed by atoms with E-state index in [1.54, 1.807) is 11.9 Å². The van der Waals surface area contributed by atoms with E-state index in [1.165, 1.54) is 57.3 Å². The Bertz CT molecular complexity index is 2670. The van der Waals surface area contributed by atoms with Gasteiger partial charge in [-0.25, -0.2) is 4.98 Å². The summed E-state index contributed by atoms with van der Waals surface area (Å²) in [4.78, 5) is 7.02. The molecule has 7 aromatic rings. The van der Waals surface area contributed by atoms with Crippen molar-refractivity contribution in [2.75, 3.05) is 7.11 Å². The van der Waals surface area contributed by atoms with E-state index < -0.39 is 0 Å². The summed E-state index contributed by atoms with van der Waals surface area (Å²) >= 11 is 14.7. The van der Waals surface area contributed by atoms with Crippen molar-refractivity contribution in [3.63, 3.8) is 0 Å². The number of fused-ring (bicyclic) bond motifs is 5. The Labute approximate surface area is 389 Å². The molecule has 1 aliphatic carbocycles. The summed E-state index contributed by atoms with van der Waals surface area (Å²) in [5.74, 6) is 1.30. The second kappa shape index (κ2) is 17.4. The van der Waals surface area contributed by atoms with Gasteiger partial charge in [0.1, 0.15) is 22.5 Å². The quantitative estimate of drug-likeness (QED) is 0.152. The van der Waals surface area contributed by atoms with Gasteiger partial charge >= 0.3 is 0 Å². The molecule has 0 spiro atoms. The van der Waals surface area contributed by atoms with E-state index in [2.05, 4.69) is 205 Å². The van der Waals surface area contributed by atoms with Gasteiger partial charge in [-0.1, -0.05) is 156 Å². The molecule has 5 nitrogen and oxygen atoms in total. The number of ether oxygens (including phenoxy) is 1.